The topological polar surface area (TPSA) is 78.1 Å². The molecule has 0 atom stereocenters. The summed E-state index contributed by atoms with van der Waals surface area (Å²) in [6.45, 7) is 5.50. The maximum absolute atomic E-state index is 11.4. The van der Waals surface area contributed by atoms with Crippen molar-refractivity contribution in [3.8, 4) is 0 Å². The zero-order valence-electron chi connectivity index (χ0n) is 9.56. The van der Waals surface area contributed by atoms with Gasteiger partial charge in [-0.05, 0) is 20.8 Å². The Hall–Kier alpha value is -1.30. The molecular formula is C10H15N3O2S. The van der Waals surface area contributed by atoms with Crippen LogP contribution < -0.4 is 5.73 Å². The minimum atomic E-state index is -0.454. The first-order valence-electron chi connectivity index (χ1n) is 4.79. The second kappa shape index (κ2) is 5.16. The van der Waals surface area contributed by atoms with Crippen molar-refractivity contribution in [1.29, 1.82) is 0 Å². The molecule has 0 radical (unpaired) electrons. The van der Waals surface area contributed by atoms with Crippen molar-refractivity contribution >= 4 is 23.5 Å². The van der Waals surface area contributed by atoms with Crippen molar-refractivity contribution in [3.63, 3.8) is 0 Å². The van der Waals surface area contributed by atoms with E-state index in [2.05, 4.69) is 9.97 Å². The number of hydrogen-bond donors (Lipinski definition) is 1. The van der Waals surface area contributed by atoms with Crippen LogP contribution in [0.15, 0.2) is 17.4 Å². The monoisotopic (exact) mass is 241 g/mol. The summed E-state index contributed by atoms with van der Waals surface area (Å²) in [6.07, 6.45) is 2.99. The third-order valence-electron chi connectivity index (χ3n) is 1.41. The van der Waals surface area contributed by atoms with E-state index in [9.17, 15) is 4.79 Å². The minimum absolute atomic E-state index is 0.218. The molecule has 1 aromatic heterocycles. The highest BCUT2D eigenvalue weighted by molar-refractivity contribution is 7.99. The molecule has 0 aliphatic carbocycles. The van der Waals surface area contributed by atoms with E-state index >= 15 is 0 Å². The second-order valence-corrected chi connectivity index (χ2v) is 5.15. The molecule has 0 aromatic carbocycles. The highest BCUT2D eigenvalue weighted by Crippen LogP contribution is 2.16. The standard InChI is InChI=1S/C10H15N3O2S/c1-10(2,3)15-9(14)6-16-8-5-12-7(11)4-13-8/h4-5H,6H2,1-3H3,(H2,11,12). The van der Waals surface area contributed by atoms with Gasteiger partial charge < -0.3 is 10.5 Å². The predicted octanol–water partition coefficient (Wildman–Crippen LogP) is 1.49. The van der Waals surface area contributed by atoms with Crippen LogP contribution in [0.25, 0.3) is 0 Å². The van der Waals surface area contributed by atoms with E-state index in [-0.39, 0.29) is 11.7 Å². The first-order valence-corrected chi connectivity index (χ1v) is 5.77. The lowest BCUT2D eigenvalue weighted by Gasteiger charge is -2.19. The number of aromatic nitrogens is 2. The second-order valence-electron chi connectivity index (χ2n) is 4.15. The van der Waals surface area contributed by atoms with Crippen LogP contribution in [0.2, 0.25) is 0 Å². The lowest BCUT2D eigenvalue weighted by atomic mass is 10.2. The first-order chi connectivity index (χ1) is 7.37. The van der Waals surface area contributed by atoms with Crippen LogP contribution in [0.4, 0.5) is 5.82 Å². The van der Waals surface area contributed by atoms with Crippen LogP contribution in [0.5, 0.6) is 0 Å². The summed E-state index contributed by atoms with van der Waals surface area (Å²) in [4.78, 5) is 19.3. The fourth-order valence-corrected chi connectivity index (χ4v) is 1.48. The van der Waals surface area contributed by atoms with Gasteiger partial charge in [-0.3, -0.25) is 4.79 Å². The Morgan fingerprint density at radius 2 is 2.12 bits per heavy atom. The minimum Gasteiger partial charge on any atom is -0.459 e. The molecule has 16 heavy (non-hydrogen) atoms. The first kappa shape index (κ1) is 12.8. The molecule has 1 rings (SSSR count). The van der Waals surface area contributed by atoms with Crippen LogP contribution in [0.3, 0.4) is 0 Å². The maximum Gasteiger partial charge on any atom is 0.316 e. The number of carbonyl (C=O) groups is 1. The van der Waals surface area contributed by atoms with E-state index in [0.29, 0.717) is 10.8 Å². The summed E-state index contributed by atoms with van der Waals surface area (Å²) >= 11 is 1.27. The molecule has 0 fully saturated rings. The molecule has 0 aliphatic rings. The normalized spacial score (nSPS) is 11.2. The predicted molar refractivity (Wildman–Crippen MR) is 63.0 cm³/mol. The highest BCUT2D eigenvalue weighted by atomic mass is 32.2. The fraction of sp³-hybridized carbons (Fsp3) is 0.500. The molecule has 0 spiro atoms. The number of hydrogen-bond acceptors (Lipinski definition) is 6. The SMILES string of the molecule is CC(C)(C)OC(=O)CSc1cnc(N)cn1. The van der Waals surface area contributed by atoms with Crippen LogP contribution in [-0.2, 0) is 9.53 Å². The summed E-state index contributed by atoms with van der Waals surface area (Å²) in [5.74, 6) is 0.313. The molecule has 0 aliphatic heterocycles. The number of rotatable bonds is 3. The molecule has 1 heterocycles. The number of thioether (sulfide) groups is 1. The van der Waals surface area contributed by atoms with Crippen molar-refractivity contribution in [1.82, 2.24) is 9.97 Å². The number of carbonyl (C=O) groups excluding carboxylic acids is 1. The van der Waals surface area contributed by atoms with Gasteiger partial charge in [-0.15, -0.1) is 0 Å². The molecule has 0 saturated carbocycles. The van der Waals surface area contributed by atoms with Gasteiger partial charge in [-0.2, -0.15) is 0 Å². The van der Waals surface area contributed by atoms with Gasteiger partial charge in [0.15, 0.2) is 0 Å². The van der Waals surface area contributed by atoms with Gasteiger partial charge in [0.25, 0.3) is 0 Å². The van der Waals surface area contributed by atoms with Gasteiger partial charge in [0.2, 0.25) is 0 Å². The van der Waals surface area contributed by atoms with Gasteiger partial charge in [-0.1, -0.05) is 11.8 Å². The number of esters is 1. The van der Waals surface area contributed by atoms with Gasteiger partial charge in [0.05, 0.1) is 18.1 Å². The van der Waals surface area contributed by atoms with Crippen LogP contribution in [0, 0.1) is 0 Å². The average molecular weight is 241 g/mol. The van der Waals surface area contributed by atoms with Gasteiger partial charge in [0.1, 0.15) is 16.4 Å². The van der Waals surface area contributed by atoms with Crippen molar-refractivity contribution in [3.05, 3.63) is 12.4 Å². The molecular weight excluding hydrogens is 226 g/mol. The Kier molecular flexibility index (Phi) is 4.12. The molecule has 1 aromatic rings. The smallest absolute Gasteiger partial charge is 0.316 e. The third-order valence-corrected chi connectivity index (χ3v) is 2.29. The zero-order chi connectivity index (χ0) is 12.2. The van der Waals surface area contributed by atoms with E-state index in [4.69, 9.17) is 10.5 Å². The molecule has 0 unspecified atom stereocenters. The number of ether oxygens (including phenoxy) is 1. The largest absolute Gasteiger partial charge is 0.459 e. The van der Waals surface area contributed by atoms with Crippen molar-refractivity contribution in [2.24, 2.45) is 0 Å². The molecule has 5 nitrogen and oxygen atoms in total. The van der Waals surface area contributed by atoms with E-state index in [1.54, 1.807) is 0 Å². The maximum atomic E-state index is 11.4. The summed E-state index contributed by atoms with van der Waals surface area (Å²) in [5, 5.41) is 0.653. The Balaban J connectivity index is 2.40. The molecule has 0 bridgehead atoms. The Morgan fingerprint density at radius 1 is 1.44 bits per heavy atom. The number of nitrogen functional groups attached to an aromatic ring is 1. The van der Waals surface area contributed by atoms with E-state index in [0.717, 1.165) is 0 Å². The molecule has 88 valence electrons. The lowest BCUT2D eigenvalue weighted by Crippen LogP contribution is -2.24. The molecule has 0 amide bonds. The van der Waals surface area contributed by atoms with Crippen LogP contribution >= 0.6 is 11.8 Å². The van der Waals surface area contributed by atoms with Gasteiger partial charge in [0, 0.05) is 0 Å². The molecule has 2 N–H and O–H groups in total. The van der Waals surface area contributed by atoms with Gasteiger partial charge in [-0.25, -0.2) is 9.97 Å². The van der Waals surface area contributed by atoms with Crippen molar-refractivity contribution in [2.45, 2.75) is 31.4 Å². The Morgan fingerprint density at radius 3 is 2.62 bits per heavy atom. The van der Waals surface area contributed by atoms with Crippen LogP contribution in [0.1, 0.15) is 20.8 Å². The fourth-order valence-electron chi connectivity index (χ4n) is 0.905. The number of nitrogens with two attached hydrogens (primary N) is 1. The lowest BCUT2D eigenvalue weighted by molar-refractivity contribution is -0.151. The third kappa shape index (κ3) is 4.97. The van der Waals surface area contributed by atoms with E-state index in [1.807, 2.05) is 20.8 Å². The van der Waals surface area contributed by atoms with E-state index in [1.165, 1.54) is 24.2 Å². The van der Waals surface area contributed by atoms with Gasteiger partial charge >= 0.3 is 5.97 Å². The molecule has 6 heteroatoms. The quantitative estimate of drug-likeness (QED) is 0.638. The summed E-state index contributed by atoms with van der Waals surface area (Å²) < 4.78 is 5.15. The Bertz CT molecular complexity index is 359. The highest BCUT2D eigenvalue weighted by Gasteiger charge is 2.16. The summed E-state index contributed by atoms with van der Waals surface area (Å²) in [6, 6.07) is 0. The zero-order valence-corrected chi connectivity index (χ0v) is 10.4. The number of nitrogens with zero attached hydrogens (tertiary/aromatic N) is 2. The Labute approximate surface area is 98.8 Å². The van der Waals surface area contributed by atoms with E-state index < -0.39 is 5.60 Å². The summed E-state index contributed by atoms with van der Waals surface area (Å²) in [7, 11) is 0. The van der Waals surface area contributed by atoms with Crippen molar-refractivity contribution in [2.75, 3.05) is 11.5 Å². The number of anilines is 1. The summed E-state index contributed by atoms with van der Waals surface area (Å²) in [5.41, 5.74) is 4.94. The molecule has 0 saturated heterocycles. The van der Waals surface area contributed by atoms with Crippen LogP contribution in [-0.4, -0.2) is 27.3 Å². The average Bonchev–Trinajstić information content (AvgIpc) is 2.14. The van der Waals surface area contributed by atoms with Crippen molar-refractivity contribution < 1.29 is 9.53 Å².